The Labute approximate surface area is 193 Å². The number of fused-ring (bicyclic) bond motifs is 3. The second-order valence-corrected chi connectivity index (χ2v) is 9.09. The van der Waals surface area contributed by atoms with Crippen LogP contribution in [0.2, 0.25) is 10.2 Å². The molecular weight excluding hydrogens is 467 g/mol. The number of rotatable bonds is 2. The number of hydrogen-bond acceptors (Lipinski definition) is 8. The average Bonchev–Trinajstić information content (AvgIpc) is 2.98. The first kappa shape index (κ1) is 21.9. The topological polar surface area (TPSA) is 89.4 Å². The maximum atomic E-state index is 15.0. The number of alkyl halides is 2. The van der Waals surface area contributed by atoms with Crippen molar-refractivity contribution in [2.24, 2.45) is 0 Å². The molecule has 2 atom stereocenters. The van der Waals surface area contributed by atoms with E-state index in [0.29, 0.717) is 43.6 Å². The quantitative estimate of drug-likeness (QED) is 0.661. The van der Waals surface area contributed by atoms with E-state index in [9.17, 15) is 8.78 Å². The number of hydrogen-bond donors (Lipinski definition) is 2. The van der Waals surface area contributed by atoms with E-state index in [1.807, 2.05) is 11.8 Å². The van der Waals surface area contributed by atoms with Crippen LogP contribution in [0.5, 0.6) is 5.88 Å². The van der Waals surface area contributed by atoms with E-state index in [0.717, 1.165) is 4.68 Å². The van der Waals surface area contributed by atoms with Gasteiger partial charge in [0.2, 0.25) is 5.95 Å². The van der Waals surface area contributed by atoms with Gasteiger partial charge in [0.05, 0.1) is 32.1 Å². The zero-order valence-corrected chi connectivity index (χ0v) is 18.8. The van der Waals surface area contributed by atoms with Crippen LogP contribution in [0.3, 0.4) is 0 Å². The minimum atomic E-state index is -2.97. The molecule has 3 aliphatic heterocycles. The Balaban J connectivity index is 1.50. The Morgan fingerprint density at radius 1 is 1.28 bits per heavy atom. The molecule has 13 heteroatoms. The van der Waals surface area contributed by atoms with E-state index in [-0.39, 0.29) is 47.7 Å². The summed E-state index contributed by atoms with van der Waals surface area (Å²) in [6, 6.07) is -1.10. The smallest absolute Gasteiger partial charge is 0.272 e. The summed E-state index contributed by atoms with van der Waals surface area (Å²) in [7, 11) is 0. The molecule has 2 fully saturated rings. The Hall–Kier alpha value is -1.95. The first-order chi connectivity index (χ1) is 15.3. The predicted octanol–water partition coefficient (Wildman–Crippen LogP) is 3.59. The minimum absolute atomic E-state index is 0.00436. The van der Waals surface area contributed by atoms with Crippen molar-refractivity contribution < 1.29 is 18.3 Å². The Morgan fingerprint density at radius 2 is 2.09 bits per heavy atom. The number of piperidine rings is 1. The molecule has 2 unspecified atom stereocenters. The first-order valence-electron chi connectivity index (χ1n) is 10.5. The van der Waals surface area contributed by atoms with Crippen molar-refractivity contribution in [3.63, 3.8) is 0 Å². The van der Waals surface area contributed by atoms with Gasteiger partial charge in [-0.25, -0.2) is 18.4 Å². The van der Waals surface area contributed by atoms with E-state index in [2.05, 4.69) is 25.7 Å². The van der Waals surface area contributed by atoms with Crippen LogP contribution in [0, 0.1) is 0 Å². The Kier molecular flexibility index (Phi) is 5.77. The van der Waals surface area contributed by atoms with Crippen molar-refractivity contribution >= 4 is 40.7 Å². The maximum Gasteiger partial charge on any atom is 0.272 e. The molecule has 0 amide bonds. The molecule has 2 bridgehead atoms. The van der Waals surface area contributed by atoms with Gasteiger partial charge in [-0.05, 0) is 6.92 Å². The van der Waals surface area contributed by atoms with Crippen LogP contribution < -0.4 is 15.4 Å². The molecule has 2 saturated heterocycles. The summed E-state index contributed by atoms with van der Waals surface area (Å²) in [5.41, 5.74) is 0.245. The van der Waals surface area contributed by atoms with Crippen molar-refractivity contribution in [3.8, 4) is 5.88 Å². The molecular formula is C19H23Cl2F2N7O2. The molecule has 2 aromatic rings. The summed E-state index contributed by atoms with van der Waals surface area (Å²) >= 11 is 12.8. The first-order valence-corrected chi connectivity index (χ1v) is 11.2. The number of aromatic nitrogens is 4. The molecule has 5 rings (SSSR count). The lowest BCUT2D eigenvalue weighted by Gasteiger charge is -2.44. The lowest BCUT2D eigenvalue weighted by molar-refractivity contribution is -0.140. The van der Waals surface area contributed by atoms with Gasteiger partial charge in [-0.3, -0.25) is 4.90 Å². The van der Waals surface area contributed by atoms with Crippen molar-refractivity contribution in [2.75, 3.05) is 43.5 Å². The number of ether oxygens (including phenoxy) is 2. The molecule has 2 N–H and O–H groups in total. The van der Waals surface area contributed by atoms with Gasteiger partial charge >= 0.3 is 0 Å². The third kappa shape index (κ3) is 4.07. The van der Waals surface area contributed by atoms with Crippen LogP contribution >= 0.6 is 23.2 Å². The standard InChI is InChI=1S/C19H23Cl2F2N7O2/c1-10-2-5-32-17-14(26-18-24-6-12(20)16(25-10)27-18)15(21)30(28-17)13-7-29(11-8-31-9-11)4-3-19(13,22)23/h6,10-11,13H,2-5,7-9H2,1H3,(H2,24,25,26,27). The minimum Gasteiger partial charge on any atom is -0.475 e. The second kappa shape index (κ2) is 8.44. The Bertz CT molecular complexity index is 1000. The normalized spacial score (nSPS) is 26.0. The molecule has 0 spiro atoms. The van der Waals surface area contributed by atoms with E-state index >= 15 is 0 Å². The van der Waals surface area contributed by atoms with Crippen molar-refractivity contribution in [3.05, 3.63) is 16.4 Å². The lowest BCUT2D eigenvalue weighted by Crippen LogP contribution is -2.57. The van der Waals surface area contributed by atoms with Crippen molar-refractivity contribution in [2.45, 2.75) is 43.8 Å². The zero-order valence-electron chi connectivity index (χ0n) is 17.3. The SMILES string of the molecule is CC1CCOc2nn(C3CN(C4COC4)CCC3(F)F)c(Cl)c2Nc2ncc(Cl)c(n2)N1. The van der Waals surface area contributed by atoms with Crippen LogP contribution in [0.4, 0.5) is 26.2 Å². The van der Waals surface area contributed by atoms with Gasteiger partial charge in [0.15, 0.2) is 11.0 Å². The number of nitrogens with zero attached hydrogens (tertiary/aromatic N) is 5. The van der Waals surface area contributed by atoms with Crippen LogP contribution in [0.1, 0.15) is 25.8 Å². The van der Waals surface area contributed by atoms with Gasteiger partial charge in [0, 0.05) is 32.0 Å². The van der Waals surface area contributed by atoms with Crippen molar-refractivity contribution in [1.29, 1.82) is 0 Å². The monoisotopic (exact) mass is 489 g/mol. The molecule has 2 aromatic heterocycles. The summed E-state index contributed by atoms with van der Waals surface area (Å²) in [5.74, 6) is -2.19. The summed E-state index contributed by atoms with van der Waals surface area (Å²) in [6.07, 6.45) is 1.78. The van der Waals surface area contributed by atoms with Crippen LogP contribution in [0.15, 0.2) is 6.20 Å². The highest BCUT2D eigenvalue weighted by molar-refractivity contribution is 6.33. The third-order valence-electron chi connectivity index (χ3n) is 6.03. The molecule has 5 heterocycles. The molecule has 0 aromatic carbocycles. The maximum absolute atomic E-state index is 15.0. The molecule has 0 aliphatic carbocycles. The molecule has 3 aliphatic rings. The zero-order chi connectivity index (χ0) is 22.5. The molecule has 0 radical (unpaired) electrons. The van der Waals surface area contributed by atoms with E-state index < -0.39 is 12.0 Å². The number of nitrogens with one attached hydrogen (secondary N) is 2. The Morgan fingerprint density at radius 3 is 2.84 bits per heavy atom. The average molecular weight is 490 g/mol. The van der Waals surface area contributed by atoms with Gasteiger partial charge in [0.25, 0.3) is 11.8 Å². The van der Waals surface area contributed by atoms with Gasteiger partial charge in [-0.2, -0.15) is 4.98 Å². The fraction of sp³-hybridized carbons (Fsp3) is 0.632. The lowest BCUT2D eigenvalue weighted by atomic mass is 9.99. The summed E-state index contributed by atoms with van der Waals surface area (Å²) in [6.45, 7) is 3.77. The number of halogens is 4. The van der Waals surface area contributed by atoms with Gasteiger partial charge in [0.1, 0.15) is 16.8 Å². The summed E-state index contributed by atoms with van der Waals surface area (Å²) < 4.78 is 42.2. The van der Waals surface area contributed by atoms with Crippen LogP contribution in [0.25, 0.3) is 0 Å². The number of likely N-dealkylation sites (tertiary alicyclic amines) is 1. The highest BCUT2D eigenvalue weighted by Crippen LogP contribution is 2.43. The van der Waals surface area contributed by atoms with E-state index in [4.69, 9.17) is 32.7 Å². The largest absolute Gasteiger partial charge is 0.475 e. The molecule has 32 heavy (non-hydrogen) atoms. The van der Waals surface area contributed by atoms with Crippen LogP contribution in [-0.4, -0.2) is 75.6 Å². The van der Waals surface area contributed by atoms with E-state index in [1.54, 1.807) is 0 Å². The van der Waals surface area contributed by atoms with Crippen molar-refractivity contribution in [1.82, 2.24) is 24.6 Å². The highest BCUT2D eigenvalue weighted by Gasteiger charge is 2.49. The molecule has 174 valence electrons. The summed E-state index contributed by atoms with van der Waals surface area (Å²) in [4.78, 5) is 10.6. The van der Waals surface area contributed by atoms with Gasteiger partial charge in [-0.1, -0.05) is 23.2 Å². The third-order valence-corrected chi connectivity index (χ3v) is 6.67. The van der Waals surface area contributed by atoms with Crippen LogP contribution in [-0.2, 0) is 4.74 Å². The highest BCUT2D eigenvalue weighted by atomic mass is 35.5. The second-order valence-electron chi connectivity index (χ2n) is 8.33. The van der Waals surface area contributed by atoms with Gasteiger partial charge < -0.3 is 20.1 Å². The fourth-order valence-electron chi connectivity index (χ4n) is 4.01. The number of anilines is 3. The van der Waals surface area contributed by atoms with E-state index in [1.165, 1.54) is 6.20 Å². The molecule has 0 saturated carbocycles. The summed E-state index contributed by atoms with van der Waals surface area (Å²) in [5, 5.41) is 10.9. The predicted molar refractivity (Wildman–Crippen MR) is 116 cm³/mol. The fourth-order valence-corrected chi connectivity index (χ4v) is 4.44. The molecule has 9 nitrogen and oxygen atoms in total. The van der Waals surface area contributed by atoms with Gasteiger partial charge in [-0.15, -0.1) is 5.10 Å².